The molecule has 21 heavy (non-hydrogen) atoms. The number of carbonyl (C=O) groups is 1. The maximum atomic E-state index is 12.1. The Balaban J connectivity index is 2.25. The van der Waals surface area contributed by atoms with Crippen molar-refractivity contribution in [1.82, 2.24) is 0 Å². The third kappa shape index (κ3) is 3.42. The van der Waals surface area contributed by atoms with E-state index in [2.05, 4.69) is 0 Å². The summed E-state index contributed by atoms with van der Waals surface area (Å²) in [7, 11) is 3.16. The highest BCUT2D eigenvalue weighted by atomic mass is 16.5. The van der Waals surface area contributed by atoms with Crippen molar-refractivity contribution >= 4 is 17.5 Å². The van der Waals surface area contributed by atoms with Gasteiger partial charge in [0.05, 0.1) is 14.2 Å². The van der Waals surface area contributed by atoms with Crippen molar-refractivity contribution in [2.75, 3.05) is 20.0 Å². The Bertz CT molecular complexity index is 677. The van der Waals surface area contributed by atoms with Crippen molar-refractivity contribution < 1.29 is 14.3 Å². The van der Waals surface area contributed by atoms with Gasteiger partial charge in [-0.2, -0.15) is 0 Å². The van der Waals surface area contributed by atoms with Gasteiger partial charge in [-0.1, -0.05) is 12.1 Å². The van der Waals surface area contributed by atoms with Crippen LogP contribution >= 0.6 is 0 Å². The summed E-state index contributed by atoms with van der Waals surface area (Å²) in [5, 5.41) is 0. The van der Waals surface area contributed by atoms with Gasteiger partial charge in [-0.15, -0.1) is 0 Å². The van der Waals surface area contributed by atoms with Crippen LogP contribution in [-0.2, 0) is 0 Å². The summed E-state index contributed by atoms with van der Waals surface area (Å²) in [6.45, 7) is 0. The lowest BCUT2D eigenvalue weighted by Crippen LogP contribution is -2.00. The lowest BCUT2D eigenvalue weighted by molar-refractivity contribution is 0.104. The Morgan fingerprint density at radius 1 is 1.10 bits per heavy atom. The first-order valence-electron chi connectivity index (χ1n) is 6.44. The molecule has 2 aromatic carbocycles. The predicted molar refractivity (Wildman–Crippen MR) is 83.8 cm³/mol. The van der Waals surface area contributed by atoms with E-state index in [9.17, 15) is 4.79 Å². The number of allylic oxidation sites excluding steroid dienone is 1. The molecular weight excluding hydrogens is 266 g/mol. The van der Waals surface area contributed by atoms with E-state index in [-0.39, 0.29) is 5.78 Å². The number of hydrogen-bond donors (Lipinski definition) is 1. The summed E-state index contributed by atoms with van der Waals surface area (Å²) in [6, 6.07) is 12.4. The summed E-state index contributed by atoms with van der Waals surface area (Å²) in [5.41, 5.74) is 7.53. The van der Waals surface area contributed by atoms with Crippen molar-refractivity contribution in [1.29, 1.82) is 0 Å². The molecule has 0 atom stereocenters. The molecule has 0 aliphatic heterocycles. The topological polar surface area (TPSA) is 61.5 Å². The van der Waals surface area contributed by atoms with Crippen LogP contribution in [0.5, 0.6) is 11.5 Å². The van der Waals surface area contributed by atoms with E-state index in [1.807, 2.05) is 12.1 Å². The van der Waals surface area contributed by atoms with Crippen LogP contribution in [0.2, 0.25) is 0 Å². The van der Waals surface area contributed by atoms with Crippen LogP contribution in [0, 0.1) is 0 Å². The normalized spacial score (nSPS) is 10.6. The lowest BCUT2D eigenvalue weighted by atomic mass is 10.1. The number of ether oxygens (including phenoxy) is 2. The Labute approximate surface area is 123 Å². The second-order valence-electron chi connectivity index (χ2n) is 4.39. The zero-order valence-electron chi connectivity index (χ0n) is 12.0. The molecule has 0 aliphatic rings. The number of methoxy groups -OCH3 is 2. The van der Waals surface area contributed by atoms with Crippen LogP contribution in [0.1, 0.15) is 15.9 Å². The molecule has 2 N–H and O–H groups in total. The summed E-state index contributed by atoms with van der Waals surface area (Å²) in [5.74, 6) is 1.19. The van der Waals surface area contributed by atoms with Crippen molar-refractivity contribution in [2.24, 2.45) is 0 Å². The Hall–Kier alpha value is -2.75. The number of para-hydroxylation sites is 1. The van der Waals surface area contributed by atoms with E-state index in [0.717, 1.165) is 5.56 Å². The van der Waals surface area contributed by atoms with Crippen LogP contribution in [0.25, 0.3) is 6.08 Å². The van der Waals surface area contributed by atoms with Crippen LogP contribution in [0.15, 0.2) is 48.5 Å². The number of anilines is 1. The number of carbonyl (C=O) groups excluding carboxylic acids is 1. The fourth-order valence-electron chi connectivity index (χ4n) is 1.93. The third-order valence-corrected chi connectivity index (χ3v) is 3.08. The maximum Gasteiger partial charge on any atom is 0.187 e. The second kappa shape index (κ2) is 6.61. The quantitative estimate of drug-likeness (QED) is 0.520. The average Bonchev–Trinajstić information content (AvgIpc) is 2.52. The standard InChI is InChI=1S/C17H17NO3/c1-20-13-9-7-12(17(11-13)21-2)8-10-16(19)14-5-3-4-6-15(14)18/h3-11H,18H2,1-2H3/b10-8+. The van der Waals surface area contributed by atoms with Crippen LogP contribution in [0.3, 0.4) is 0 Å². The first-order valence-corrected chi connectivity index (χ1v) is 6.44. The van der Waals surface area contributed by atoms with E-state index in [4.69, 9.17) is 15.2 Å². The summed E-state index contributed by atoms with van der Waals surface area (Å²) in [4.78, 5) is 12.1. The number of nitrogens with two attached hydrogens (primary N) is 1. The molecule has 108 valence electrons. The SMILES string of the molecule is COc1ccc(/C=C/C(=O)c2ccccc2N)c(OC)c1. The van der Waals surface area contributed by atoms with Crippen LogP contribution in [-0.4, -0.2) is 20.0 Å². The molecule has 4 heteroatoms. The van der Waals surface area contributed by atoms with Gasteiger partial charge in [0.2, 0.25) is 0 Å². The Morgan fingerprint density at radius 3 is 2.52 bits per heavy atom. The summed E-state index contributed by atoms with van der Waals surface area (Å²) < 4.78 is 10.4. The van der Waals surface area contributed by atoms with Gasteiger partial charge in [0.15, 0.2) is 5.78 Å². The van der Waals surface area contributed by atoms with Crippen LogP contribution < -0.4 is 15.2 Å². The highest BCUT2D eigenvalue weighted by molar-refractivity contribution is 6.10. The van der Waals surface area contributed by atoms with Crippen molar-refractivity contribution in [3.05, 3.63) is 59.7 Å². The highest BCUT2D eigenvalue weighted by Crippen LogP contribution is 2.25. The maximum absolute atomic E-state index is 12.1. The first kappa shape index (κ1) is 14.7. The van der Waals surface area contributed by atoms with Crippen molar-refractivity contribution in [3.8, 4) is 11.5 Å². The molecule has 0 unspecified atom stereocenters. The number of benzene rings is 2. The highest BCUT2D eigenvalue weighted by Gasteiger charge is 2.06. The van der Waals surface area contributed by atoms with Gasteiger partial charge in [-0.3, -0.25) is 4.79 Å². The molecule has 0 spiro atoms. The number of hydrogen-bond acceptors (Lipinski definition) is 4. The average molecular weight is 283 g/mol. The molecule has 2 rings (SSSR count). The Kier molecular flexibility index (Phi) is 4.61. The summed E-state index contributed by atoms with van der Waals surface area (Å²) in [6.07, 6.45) is 3.18. The largest absolute Gasteiger partial charge is 0.497 e. The zero-order chi connectivity index (χ0) is 15.2. The molecular formula is C17H17NO3. The fourth-order valence-corrected chi connectivity index (χ4v) is 1.93. The zero-order valence-corrected chi connectivity index (χ0v) is 12.0. The van der Waals surface area contributed by atoms with E-state index in [1.54, 1.807) is 50.6 Å². The van der Waals surface area contributed by atoms with Gasteiger partial charge >= 0.3 is 0 Å². The molecule has 0 aromatic heterocycles. The molecule has 0 radical (unpaired) electrons. The molecule has 0 aliphatic carbocycles. The lowest BCUT2D eigenvalue weighted by Gasteiger charge is -2.07. The second-order valence-corrected chi connectivity index (χ2v) is 4.39. The fraction of sp³-hybridized carbons (Fsp3) is 0.118. The minimum absolute atomic E-state index is 0.147. The van der Waals surface area contributed by atoms with Gasteiger partial charge in [-0.25, -0.2) is 0 Å². The first-order chi connectivity index (χ1) is 10.2. The third-order valence-electron chi connectivity index (χ3n) is 3.08. The predicted octanol–water partition coefficient (Wildman–Crippen LogP) is 3.18. The van der Waals surface area contributed by atoms with Gasteiger partial charge in [0.1, 0.15) is 11.5 Å². The monoisotopic (exact) mass is 283 g/mol. The number of rotatable bonds is 5. The van der Waals surface area contributed by atoms with Gasteiger partial charge in [0, 0.05) is 22.9 Å². The minimum Gasteiger partial charge on any atom is -0.497 e. The minimum atomic E-state index is -0.147. The van der Waals surface area contributed by atoms with E-state index < -0.39 is 0 Å². The molecule has 4 nitrogen and oxygen atoms in total. The molecule has 0 bridgehead atoms. The van der Waals surface area contributed by atoms with Gasteiger partial charge in [0.25, 0.3) is 0 Å². The van der Waals surface area contributed by atoms with Crippen molar-refractivity contribution in [3.63, 3.8) is 0 Å². The molecule has 0 amide bonds. The molecule has 0 saturated carbocycles. The molecule has 0 saturated heterocycles. The molecule has 0 heterocycles. The molecule has 0 fully saturated rings. The Morgan fingerprint density at radius 2 is 1.86 bits per heavy atom. The number of nitrogen functional groups attached to an aromatic ring is 1. The number of ketones is 1. The van der Waals surface area contributed by atoms with E-state index >= 15 is 0 Å². The van der Waals surface area contributed by atoms with Gasteiger partial charge in [-0.05, 0) is 36.4 Å². The van der Waals surface area contributed by atoms with E-state index in [1.165, 1.54) is 6.08 Å². The smallest absolute Gasteiger partial charge is 0.187 e. The van der Waals surface area contributed by atoms with Crippen molar-refractivity contribution in [2.45, 2.75) is 0 Å². The summed E-state index contributed by atoms with van der Waals surface area (Å²) >= 11 is 0. The van der Waals surface area contributed by atoms with Crippen LogP contribution in [0.4, 0.5) is 5.69 Å². The molecule has 2 aromatic rings. The van der Waals surface area contributed by atoms with Gasteiger partial charge < -0.3 is 15.2 Å². The van der Waals surface area contributed by atoms with E-state index in [0.29, 0.717) is 22.7 Å².